The third-order valence-electron chi connectivity index (χ3n) is 4.86. The standard InChI is InChI=1S/C15H30N2O2/c1-6-18-14-9-13(15(14,3)4)16-11(2)12-10-17(5)7-8-19-12/h11-14,16H,6-10H2,1-5H3. The number of hydrogen-bond donors (Lipinski definition) is 1. The zero-order valence-electron chi connectivity index (χ0n) is 13.1. The van der Waals surface area contributed by atoms with Crippen molar-refractivity contribution in [2.45, 2.75) is 58.4 Å². The SMILES string of the molecule is CCOC1CC(NC(C)C2CN(C)CCO2)C1(C)C. The molecule has 2 rings (SSSR count). The van der Waals surface area contributed by atoms with Crippen molar-refractivity contribution >= 4 is 0 Å². The topological polar surface area (TPSA) is 33.7 Å². The van der Waals surface area contributed by atoms with Gasteiger partial charge in [-0.2, -0.15) is 0 Å². The summed E-state index contributed by atoms with van der Waals surface area (Å²) in [5.74, 6) is 0. The summed E-state index contributed by atoms with van der Waals surface area (Å²) >= 11 is 0. The van der Waals surface area contributed by atoms with Crippen LogP contribution in [0.3, 0.4) is 0 Å². The molecule has 1 saturated carbocycles. The summed E-state index contributed by atoms with van der Waals surface area (Å²) < 4.78 is 11.7. The zero-order valence-corrected chi connectivity index (χ0v) is 13.1. The van der Waals surface area contributed by atoms with Crippen LogP contribution in [0.1, 0.15) is 34.1 Å². The third kappa shape index (κ3) is 3.30. The van der Waals surface area contributed by atoms with Gasteiger partial charge < -0.3 is 19.7 Å². The van der Waals surface area contributed by atoms with Gasteiger partial charge in [-0.3, -0.25) is 0 Å². The zero-order chi connectivity index (χ0) is 14.0. The van der Waals surface area contributed by atoms with E-state index in [1.165, 1.54) is 0 Å². The van der Waals surface area contributed by atoms with Crippen molar-refractivity contribution in [3.05, 3.63) is 0 Å². The van der Waals surface area contributed by atoms with Crippen LogP contribution in [-0.4, -0.2) is 62.5 Å². The molecule has 2 fully saturated rings. The molecule has 1 aliphatic heterocycles. The fourth-order valence-electron chi connectivity index (χ4n) is 3.19. The Morgan fingerprint density at radius 1 is 1.47 bits per heavy atom. The number of nitrogens with one attached hydrogen (secondary N) is 1. The fraction of sp³-hybridized carbons (Fsp3) is 1.00. The second-order valence-corrected chi connectivity index (χ2v) is 6.68. The normalized spacial score (nSPS) is 36.8. The second-order valence-electron chi connectivity index (χ2n) is 6.68. The first kappa shape index (κ1) is 15.2. The summed E-state index contributed by atoms with van der Waals surface area (Å²) in [6.45, 7) is 12.7. The van der Waals surface area contributed by atoms with E-state index in [0.29, 0.717) is 24.3 Å². The molecule has 4 atom stereocenters. The molecule has 19 heavy (non-hydrogen) atoms. The van der Waals surface area contributed by atoms with Gasteiger partial charge in [0.05, 0.1) is 18.8 Å². The summed E-state index contributed by atoms with van der Waals surface area (Å²) in [7, 11) is 2.17. The smallest absolute Gasteiger partial charge is 0.0852 e. The Hall–Kier alpha value is -0.160. The van der Waals surface area contributed by atoms with Crippen LogP contribution in [0.4, 0.5) is 0 Å². The minimum absolute atomic E-state index is 0.227. The molecule has 1 aliphatic carbocycles. The quantitative estimate of drug-likeness (QED) is 0.821. The molecule has 1 heterocycles. The molecule has 4 heteroatoms. The number of rotatable bonds is 5. The summed E-state index contributed by atoms with van der Waals surface area (Å²) in [6.07, 6.45) is 1.83. The Morgan fingerprint density at radius 2 is 2.21 bits per heavy atom. The highest BCUT2D eigenvalue weighted by Gasteiger charge is 2.49. The van der Waals surface area contributed by atoms with Gasteiger partial charge in [0.2, 0.25) is 0 Å². The lowest BCUT2D eigenvalue weighted by Gasteiger charge is -2.53. The highest BCUT2D eigenvalue weighted by Crippen LogP contribution is 2.43. The van der Waals surface area contributed by atoms with Crippen LogP contribution in [0, 0.1) is 5.41 Å². The Balaban J connectivity index is 1.81. The predicted octanol–water partition coefficient (Wildman–Crippen LogP) is 1.50. The summed E-state index contributed by atoms with van der Waals surface area (Å²) in [5, 5.41) is 3.75. The summed E-state index contributed by atoms with van der Waals surface area (Å²) in [5.41, 5.74) is 0.227. The van der Waals surface area contributed by atoms with Crippen molar-refractivity contribution in [1.29, 1.82) is 0 Å². The minimum Gasteiger partial charge on any atom is -0.378 e. The Labute approximate surface area is 117 Å². The number of morpholine rings is 1. The van der Waals surface area contributed by atoms with E-state index in [1.54, 1.807) is 0 Å². The molecular weight excluding hydrogens is 240 g/mol. The van der Waals surface area contributed by atoms with Crippen LogP contribution in [0.25, 0.3) is 0 Å². The first-order valence-corrected chi connectivity index (χ1v) is 7.63. The summed E-state index contributed by atoms with van der Waals surface area (Å²) in [6, 6.07) is 0.935. The molecule has 0 spiro atoms. The van der Waals surface area contributed by atoms with E-state index in [0.717, 1.165) is 32.7 Å². The fourth-order valence-corrected chi connectivity index (χ4v) is 3.19. The average Bonchev–Trinajstić information content (AvgIpc) is 2.37. The van der Waals surface area contributed by atoms with Crippen LogP contribution in [0.15, 0.2) is 0 Å². The van der Waals surface area contributed by atoms with Crippen molar-refractivity contribution in [3.8, 4) is 0 Å². The van der Waals surface area contributed by atoms with E-state index in [2.05, 4.69) is 45.0 Å². The van der Waals surface area contributed by atoms with Gasteiger partial charge in [0.15, 0.2) is 0 Å². The predicted molar refractivity (Wildman–Crippen MR) is 77.4 cm³/mol. The lowest BCUT2D eigenvalue weighted by molar-refractivity contribution is -0.123. The molecule has 2 aliphatic rings. The lowest BCUT2D eigenvalue weighted by atomic mass is 9.64. The maximum absolute atomic E-state index is 5.89. The van der Waals surface area contributed by atoms with Crippen molar-refractivity contribution in [1.82, 2.24) is 10.2 Å². The van der Waals surface area contributed by atoms with Crippen LogP contribution in [0.2, 0.25) is 0 Å². The van der Waals surface area contributed by atoms with Gasteiger partial charge in [-0.1, -0.05) is 13.8 Å². The van der Waals surface area contributed by atoms with Crippen molar-refractivity contribution in [3.63, 3.8) is 0 Å². The Kier molecular flexibility index (Phi) is 4.88. The highest BCUT2D eigenvalue weighted by atomic mass is 16.5. The van der Waals surface area contributed by atoms with Crippen molar-refractivity contribution < 1.29 is 9.47 Å². The first-order valence-electron chi connectivity index (χ1n) is 7.63. The Morgan fingerprint density at radius 3 is 2.79 bits per heavy atom. The molecule has 0 aromatic rings. The molecule has 1 N–H and O–H groups in total. The number of likely N-dealkylation sites (N-methyl/N-ethyl adjacent to an activating group) is 1. The van der Waals surface area contributed by atoms with Crippen LogP contribution in [0.5, 0.6) is 0 Å². The largest absolute Gasteiger partial charge is 0.378 e. The molecule has 1 saturated heterocycles. The van der Waals surface area contributed by atoms with Crippen molar-refractivity contribution in [2.75, 3.05) is 33.4 Å². The molecule has 0 amide bonds. The molecule has 112 valence electrons. The third-order valence-corrected chi connectivity index (χ3v) is 4.86. The molecule has 0 radical (unpaired) electrons. The molecule has 4 unspecified atom stereocenters. The number of nitrogens with zero attached hydrogens (tertiary/aromatic N) is 1. The van der Waals surface area contributed by atoms with E-state index < -0.39 is 0 Å². The van der Waals surface area contributed by atoms with Gasteiger partial charge in [0.1, 0.15) is 0 Å². The maximum atomic E-state index is 5.89. The van der Waals surface area contributed by atoms with Crippen LogP contribution < -0.4 is 5.32 Å². The summed E-state index contributed by atoms with van der Waals surface area (Å²) in [4.78, 5) is 2.35. The first-order chi connectivity index (χ1) is 8.95. The molecule has 4 nitrogen and oxygen atoms in total. The highest BCUT2D eigenvalue weighted by molar-refractivity contribution is 5.04. The molecular formula is C15H30N2O2. The van der Waals surface area contributed by atoms with Crippen LogP contribution in [-0.2, 0) is 9.47 Å². The van der Waals surface area contributed by atoms with Crippen LogP contribution >= 0.6 is 0 Å². The van der Waals surface area contributed by atoms with Gasteiger partial charge in [0.25, 0.3) is 0 Å². The minimum atomic E-state index is 0.227. The number of hydrogen-bond acceptors (Lipinski definition) is 4. The molecule has 0 aromatic heterocycles. The van der Waals surface area contributed by atoms with E-state index in [-0.39, 0.29) is 5.41 Å². The van der Waals surface area contributed by atoms with Gasteiger partial charge in [-0.25, -0.2) is 0 Å². The Bertz CT molecular complexity index is 296. The average molecular weight is 270 g/mol. The monoisotopic (exact) mass is 270 g/mol. The number of ether oxygens (including phenoxy) is 2. The van der Waals surface area contributed by atoms with Gasteiger partial charge in [0, 0.05) is 37.2 Å². The van der Waals surface area contributed by atoms with E-state index >= 15 is 0 Å². The lowest BCUT2D eigenvalue weighted by Crippen LogP contribution is -2.64. The van der Waals surface area contributed by atoms with Gasteiger partial charge in [-0.05, 0) is 27.3 Å². The van der Waals surface area contributed by atoms with E-state index in [1.807, 2.05) is 0 Å². The maximum Gasteiger partial charge on any atom is 0.0852 e. The van der Waals surface area contributed by atoms with Gasteiger partial charge >= 0.3 is 0 Å². The van der Waals surface area contributed by atoms with E-state index in [9.17, 15) is 0 Å². The van der Waals surface area contributed by atoms with Crippen molar-refractivity contribution in [2.24, 2.45) is 5.41 Å². The second kappa shape index (κ2) is 6.08. The molecule has 0 bridgehead atoms. The van der Waals surface area contributed by atoms with Gasteiger partial charge in [-0.15, -0.1) is 0 Å². The molecule has 0 aromatic carbocycles. The van der Waals surface area contributed by atoms with E-state index in [4.69, 9.17) is 9.47 Å².